The first-order valence-electron chi connectivity index (χ1n) is 9.13. The average Bonchev–Trinajstić information content (AvgIpc) is 3.09. The van der Waals surface area contributed by atoms with E-state index in [2.05, 4.69) is 10.3 Å². The summed E-state index contributed by atoms with van der Waals surface area (Å²) in [5.41, 5.74) is 3.34. The van der Waals surface area contributed by atoms with Crippen molar-refractivity contribution in [2.45, 2.75) is 13.5 Å². The number of nitrogens with one attached hydrogen (secondary N) is 1. The topological polar surface area (TPSA) is 69.0 Å². The molecule has 0 saturated heterocycles. The molecule has 4 aromatic rings. The van der Waals surface area contributed by atoms with Crippen molar-refractivity contribution in [3.05, 3.63) is 73.1 Å². The third-order valence-electron chi connectivity index (χ3n) is 4.33. The van der Waals surface area contributed by atoms with Crippen molar-refractivity contribution < 1.29 is 9.53 Å². The van der Waals surface area contributed by atoms with Crippen LogP contribution in [0.2, 0.25) is 0 Å². The van der Waals surface area contributed by atoms with Crippen LogP contribution in [0.4, 0.5) is 5.69 Å². The Hall–Kier alpha value is -3.67. The van der Waals surface area contributed by atoms with Crippen LogP contribution >= 0.6 is 0 Å². The van der Waals surface area contributed by atoms with Crippen LogP contribution in [0.3, 0.4) is 0 Å². The molecule has 2 heterocycles. The summed E-state index contributed by atoms with van der Waals surface area (Å²) in [7, 11) is 0. The third-order valence-corrected chi connectivity index (χ3v) is 4.33. The Balaban J connectivity index is 1.61. The minimum absolute atomic E-state index is 0.127. The minimum atomic E-state index is -0.127. The molecule has 1 N–H and O–H groups in total. The summed E-state index contributed by atoms with van der Waals surface area (Å²) < 4.78 is 7.35. The van der Waals surface area contributed by atoms with Crippen LogP contribution in [0.15, 0.2) is 73.1 Å². The lowest BCUT2D eigenvalue weighted by atomic mass is 10.2. The maximum Gasteiger partial charge on any atom is 0.244 e. The average molecular weight is 372 g/mol. The number of aromatic nitrogens is 3. The van der Waals surface area contributed by atoms with Crippen LogP contribution in [0.1, 0.15) is 6.92 Å². The molecule has 140 valence electrons. The van der Waals surface area contributed by atoms with Gasteiger partial charge in [-0.1, -0.05) is 12.1 Å². The van der Waals surface area contributed by atoms with Gasteiger partial charge >= 0.3 is 0 Å². The fraction of sp³-hybridized carbons (Fsp3) is 0.136. The van der Waals surface area contributed by atoms with Crippen molar-refractivity contribution in [1.29, 1.82) is 0 Å². The third kappa shape index (κ3) is 3.71. The molecule has 0 spiro atoms. The number of para-hydroxylation sites is 2. The smallest absolute Gasteiger partial charge is 0.244 e. The molecule has 6 nitrogen and oxygen atoms in total. The van der Waals surface area contributed by atoms with Gasteiger partial charge in [-0.3, -0.25) is 9.78 Å². The first kappa shape index (κ1) is 17.7. The highest BCUT2D eigenvalue weighted by molar-refractivity contribution is 5.92. The van der Waals surface area contributed by atoms with E-state index >= 15 is 0 Å². The molecule has 4 rings (SSSR count). The molecular weight excluding hydrogens is 352 g/mol. The summed E-state index contributed by atoms with van der Waals surface area (Å²) in [4.78, 5) is 21.6. The van der Waals surface area contributed by atoms with E-state index in [9.17, 15) is 4.79 Å². The zero-order chi connectivity index (χ0) is 19.3. The van der Waals surface area contributed by atoms with Crippen LogP contribution in [-0.2, 0) is 11.3 Å². The number of benzene rings is 2. The fourth-order valence-corrected chi connectivity index (χ4v) is 3.10. The van der Waals surface area contributed by atoms with Crippen LogP contribution in [0.25, 0.3) is 22.4 Å². The normalized spacial score (nSPS) is 10.8. The number of amides is 1. The van der Waals surface area contributed by atoms with E-state index < -0.39 is 0 Å². The number of rotatable bonds is 6. The van der Waals surface area contributed by atoms with Gasteiger partial charge in [-0.05, 0) is 55.5 Å². The van der Waals surface area contributed by atoms with Crippen molar-refractivity contribution >= 4 is 22.6 Å². The van der Waals surface area contributed by atoms with E-state index in [-0.39, 0.29) is 12.5 Å². The molecule has 0 bridgehead atoms. The van der Waals surface area contributed by atoms with Crippen molar-refractivity contribution in [2.75, 3.05) is 11.9 Å². The van der Waals surface area contributed by atoms with Gasteiger partial charge in [0.1, 0.15) is 18.1 Å². The van der Waals surface area contributed by atoms with E-state index in [0.29, 0.717) is 6.61 Å². The molecule has 0 aliphatic rings. The first-order chi connectivity index (χ1) is 13.7. The molecule has 0 unspecified atom stereocenters. The van der Waals surface area contributed by atoms with E-state index in [1.807, 2.05) is 72.2 Å². The number of nitrogens with zero attached hydrogens (tertiary/aromatic N) is 3. The minimum Gasteiger partial charge on any atom is -0.494 e. The lowest BCUT2D eigenvalue weighted by molar-refractivity contribution is -0.116. The lowest BCUT2D eigenvalue weighted by Crippen LogP contribution is -2.19. The van der Waals surface area contributed by atoms with Gasteiger partial charge in [0.05, 0.1) is 17.6 Å². The predicted molar refractivity (Wildman–Crippen MR) is 109 cm³/mol. The Labute approximate surface area is 162 Å². The standard InChI is InChI=1S/C22H20N4O2/c1-2-28-18-11-9-17(10-12-18)24-21(27)15-26-20-8-4-3-7-19(20)25-22(26)16-6-5-13-23-14-16/h3-14H,2,15H2,1H3,(H,24,27). The van der Waals surface area contributed by atoms with Crippen molar-refractivity contribution in [1.82, 2.24) is 14.5 Å². The number of ether oxygens (including phenoxy) is 1. The lowest BCUT2D eigenvalue weighted by Gasteiger charge is -2.11. The van der Waals surface area contributed by atoms with E-state index in [0.717, 1.165) is 33.9 Å². The van der Waals surface area contributed by atoms with Crippen molar-refractivity contribution in [3.8, 4) is 17.1 Å². The zero-order valence-corrected chi connectivity index (χ0v) is 15.5. The van der Waals surface area contributed by atoms with Gasteiger partial charge in [-0.15, -0.1) is 0 Å². The first-order valence-corrected chi connectivity index (χ1v) is 9.13. The molecule has 6 heteroatoms. The molecule has 1 amide bonds. The quantitative estimate of drug-likeness (QED) is 0.552. The van der Waals surface area contributed by atoms with Gasteiger partial charge in [-0.2, -0.15) is 0 Å². The van der Waals surface area contributed by atoms with Crippen LogP contribution in [0.5, 0.6) is 5.75 Å². The summed E-state index contributed by atoms with van der Waals surface area (Å²) >= 11 is 0. The summed E-state index contributed by atoms with van der Waals surface area (Å²) in [6.07, 6.45) is 3.47. The largest absolute Gasteiger partial charge is 0.494 e. The van der Waals surface area contributed by atoms with E-state index in [4.69, 9.17) is 9.72 Å². The Kier molecular flexibility index (Phi) is 5.01. The summed E-state index contributed by atoms with van der Waals surface area (Å²) in [5, 5.41) is 2.93. The molecule has 0 fully saturated rings. The monoisotopic (exact) mass is 372 g/mol. The number of pyridine rings is 1. The van der Waals surface area contributed by atoms with E-state index in [1.54, 1.807) is 12.4 Å². The second kappa shape index (κ2) is 7.92. The Morgan fingerprint density at radius 3 is 2.64 bits per heavy atom. The fourth-order valence-electron chi connectivity index (χ4n) is 3.10. The number of fused-ring (bicyclic) bond motifs is 1. The number of carbonyl (C=O) groups is 1. The molecule has 2 aromatic heterocycles. The van der Waals surface area contributed by atoms with Crippen LogP contribution in [0, 0.1) is 0 Å². The molecule has 0 aliphatic heterocycles. The predicted octanol–water partition coefficient (Wildman–Crippen LogP) is 4.14. The molecule has 0 aliphatic carbocycles. The number of anilines is 1. The molecule has 0 radical (unpaired) electrons. The molecular formula is C22H20N4O2. The summed E-state index contributed by atoms with van der Waals surface area (Å²) in [6, 6.07) is 18.9. The highest BCUT2D eigenvalue weighted by Crippen LogP contribution is 2.24. The molecule has 0 atom stereocenters. The molecule has 28 heavy (non-hydrogen) atoms. The van der Waals surface area contributed by atoms with E-state index in [1.165, 1.54) is 0 Å². The van der Waals surface area contributed by atoms with Crippen molar-refractivity contribution in [3.63, 3.8) is 0 Å². The highest BCUT2D eigenvalue weighted by Gasteiger charge is 2.15. The summed E-state index contributed by atoms with van der Waals surface area (Å²) in [5.74, 6) is 1.37. The van der Waals surface area contributed by atoms with Crippen molar-refractivity contribution in [2.24, 2.45) is 0 Å². The number of hydrogen-bond acceptors (Lipinski definition) is 4. The van der Waals surface area contributed by atoms with Crippen LogP contribution in [-0.4, -0.2) is 27.0 Å². The summed E-state index contributed by atoms with van der Waals surface area (Å²) in [6.45, 7) is 2.69. The number of imidazole rings is 1. The van der Waals surface area contributed by atoms with Gasteiger partial charge in [0.25, 0.3) is 0 Å². The Bertz CT molecular complexity index is 1090. The molecule has 2 aromatic carbocycles. The van der Waals surface area contributed by atoms with Crippen LogP contribution < -0.4 is 10.1 Å². The van der Waals surface area contributed by atoms with Gasteiger partial charge in [0.2, 0.25) is 5.91 Å². The Morgan fingerprint density at radius 2 is 1.89 bits per heavy atom. The van der Waals surface area contributed by atoms with Gasteiger partial charge in [0.15, 0.2) is 0 Å². The maximum atomic E-state index is 12.7. The maximum absolute atomic E-state index is 12.7. The second-order valence-electron chi connectivity index (χ2n) is 6.26. The zero-order valence-electron chi connectivity index (χ0n) is 15.5. The van der Waals surface area contributed by atoms with Gasteiger partial charge < -0.3 is 14.6 Å². The van der Waals surface area contributed by atoms with Gasteiger partial charge in [0, 0.05) is 23.6 Å². The highest BCUT2D eigenvalue weighted by atomic mass is 16.5. The Morgan fingerprint density at radius 1 is 1.07 bits per heavy atom. The number of carbonyl (C=O) groups excluding carboxylic acids is 1. The number of hydrogen-bond donors (Lipinski definition) is 1. The SMILES string of the molecule is CCOc1ccc(NC(=O)Cn2c(-c3cccnc3)nc3ccccc32)cc1. The van der Waals surface area contributed by atoms with Gasteiger partial charge in [-0.25, -0.2) is 4.98 Å². The molecule has 0 saturated carbocycles. The second-order valence-corrected chi connectivity index (χ2v) is 6.26.